The molecule has 1 atom stereocenters. The summed E-state index contributed by atoms with van der Waals surface area (Å²) >= 11 is 0. The van der Waals surface area contributed by atoms with Crippen molar-refractivity contribution in [1.29, 1.82) is 0 Å². The van der Waals surface area contributed by atoms with Gasteiger partial charge >= 0.3 is 5.97 Å². The van der Waals surface area contributed by atoms with Gasteiger partial charge in [0.05, 0.1) is 0 Å². The van der Waals surface area contributed by atoms with Gasteiger partial charge in [0.2, 0.25) is 0 Å². The molecule has 0 aromatic heterocycles. The van der Waals surface area contributed by atoms with Gasteiger partial charge in [-0.2, -0.15) is 0 Å². The van der Waals surface area contributed by atoms with Gasteiger partial charge in [-0.3, -0.25) is 0 Å². The fraction of sp³-hybridized carbons (Fsp3) is 0.250. The standard InChI is InChI=1S/C12H12O3/c1-3-9-14-12(13)10(2)15-11-7-5-4-6-8-11/h1,4-8,10H,9H2,2H3. The number of carbonyl (C=O) groups is 1. The Labute approximate surface area is 89.0 Å². The van der Waals surface area contributed by atoms with Crippen molar-refractivity contribution in [1.82, 2.24) is 0 Å². The number of esters is 1. The van der Waals surface area contributed by atoms with Gasteiger partial charge in [0.15, 0.2) is 12.7 Å². The van der Waals surface area contributed by atoms with Crippen molar-refractivity contribution in [2.75, 3.05) is 6.61 Å². The third-order valence-electron chi connectivity index (χ3n) is 1.69. The zero-order valence-electron chi connectivity index (χ0n) is 8.47. The van der Waals surface area contributed by atoms with Crippen LogP contribution in [-0.4, -0.2) is 18.7 Å². The summed E-state index contributed by atoms with van der Waals surface area (Å²) in [5.74, 6) is 2.38. The highest BCUT2D eigenvalue weighted by Gasteiger charge is 2.15. The molecule has 0 saturated carbocycles. The van der Waals surface area contributed by atoms with Crippen molar-refractivity contribution in [3.05, 3.63) is 30.3 Å². The summed E-state index contributed by atoms with van der Waals surface area (Å²) in [4.78, 5) is 11.3. The molecule has 0 aliphatic heterocycles. The second-order valence-corrected chi connectivity index (χ2v) is 2.88. The van der Waals surface area contributed by atoms with Crippen LogP contribution in [0.3, 0.4) is 0 Å². The first-order chi connectivity index (χ1) is 7.24. The normalized spacial score (nSPS) is 11.2. The number of ether oxygens (including phenoxy) is 2. The van der Waals surface area contributed by atoms with Crippen LogP contribution in [0.25, 0.3) is 0 Å². The highest BCUT2D eigenvalue weighted by atomic mass is 16.6. The number of carbonyl (C=O) groups excluding carboxylic acids is 1. The summed E-state index contributed by atoms with van der Waals surface area (Å²) in [6.45, 7) is 1.59. The van der Waals surface area contributed by atoms with Crippen LogP contribution in [0.4, 0.5) is 0 Å². The number of terminal acetylenes is 1. The Morgan fingerprint density at radius 1 is 1.47 bits per heavy atom. The lowest BCUT2D eigenvalue weighted by molar-refractivity contribution is -0.149. The molecule has 3 heteroatoms. The van der Waals surface area contributed by atoms with E-state index in [0.717, 1.165) is 0 Å². The van der Waals surface area contributed by atoms with E-state index in [9.17, 15) is 4.79 Å². The number of hydrogen-bond donors (Lipinski definition) is 0. The maximum atomic E-state index is 11.3. The summed E-state index contributed by atoms with van der Waals surface area (Å²) in [5, 5.41) is 0. The van der Waals surface area contributed by atoms with Crippen LogP contribution in [-0.2, 0) is 9.53 Å². The monoisotopic (exact) mass is 204 g/mol. The first kappa shape index (κ1) is 11.1. The average molecular weight is 204 g/mol. The highest BCUT2D eigenvalue weighted by molar-refractivity contribution is 5.74. The maximum absolute atomic E-state index is 11.3. The Hall–Kier alpha value is -1.95. The predicted octanol–water partition coefficient (Wildman–Crippen LogP) is 1.63. The fourth-order valence-corrected chi connectivity index (χ4v) is 0.981. The molecule has 0 amide bonds. The van der Waals surface area contributed by atoms with Crippen LogP contribution in [0, 0.1) is 12.3 Å². The summed E-state index contributed by atoms with van der Waals surface area (Å²) in [7, 11) is 0. The molecule has 78 valence electrons. The molecule has 1 unspecified atom stereocenters. The van der Waals surface area contributed by atoms with Gasteiger partial charge in [-0.15, -0.1) is 6.42 Å². The first-order valence-electron chi connectivity index (χ1n) is 4.56. The van der Waals surface area contributed by atoms with Crippen molar-refractivity contribution >= 4 is 5.97 Å². The molecule has 0 fully saturated rings. The van der Waals surface area contributed by atoms with E-state index >= 15 is 0 Å². The molecule has 0 aliphatic carbocycles. The molecule has 0 aliphatic rings. The van der Waals surface area contributed by atoms with Gasteiger partial charge in [-0.1, -0.05) is 24.1 Å². The topological polar surface area (TPSA) is 35.5 Å². The van der Waals surface area contributed by atoms with Crippen LogP contribution in [0.5, 0.6) is 5.75 Å². The zero-order chi connectivity index (χ0) is 11.1. The number of hydrogen-bond acceptors (Lipinski definition) is 3. The van der Waals surface area contributed by atoms with E-state index in [2.05, 4.69) is 5.92 Å². The van der Waals surface area contributed by atoms with Gasteiger partial charge in [-0.05, 0) is 19.1 Å². The molecular weight excluding hydrogens is 192 g/mol. The lowest BCUT2D eigenvalue weighted by Crippen LogP contribution is -2.26. The van der Waals surface area contributed by atoms with Crippen LogP contribution < -0.4 is 4.74 Å². The van der Waals surface area contributed by atoms with Crippen molar-refractivity contribution in [3.63, 3.8) is 0 Å². The van der Waals surface area contributed by atoms with E-state index < -0.39 is 12.1 Å². The lowest BCUT2D eigenvalue weighted by Gasteiger charge is -2.12. The van der Waals surface area contributed by atoms with Gasteiger partial charge in [0, 0.05) is 0 Å². The van der Waals surface area contributed by atoms with E-state index in [1.807, 2.05) is 18.2 Å². The average Bonchev–Trinajstić information content (AvgIpc) is 2.27. The third-order valence-corrected chi connectivity index (χ3v) is 1.69. The van der Waals surface area contributed by atoms with E-state index in [1.54, 1.807) is 19.1 Å². The Kier molecular flexibility index (Phi) is 4.24. The van der Waals surface area contributed by atoms with E-state index in [1.165, 1.54) is 0 Å². The molecule has 0 heterocycles. The minimum absolute atomic E-state index is 0.0265. The van der Waals surface area contributed by atoms with Gasteiger partial charge in [-0.25, -0.2) is 4.79 Å². The molecule has 0 radical (unpaired) electrons. The number of rotatable bonds is 4. The van der Waals surface area contributed by atoms with E-state index in [0.29, 0.717) is 5.75 Å². The minimum atomic E-state index is -0.652. The largest absolute Gasteiger partial charge is 0.479 e. The second-order valence-electron chi connectivity index (χ2n) is 2.88. The molecule has 0 spiro atoms. The van der Waals surface area contributed by atoms with Crippen molar-refractivity contribution < 1.29 is 14.3 Å². The molecule has 15 heavy (non-hydrogen) atoms. The molecular formula is C12H12O3. The Balaban J connectivity index is 2.46. The number of para-hydroxylation sites is 1. The summed E-state index contributed by atoms with van der Waals surface area (Å²) in [6.07, 6.45) is 4.31. The van der Waals surface area contributed by atoms with Gasteiger partial charge in [0.1, 0.15) is 5.75 Å². The second kappa shape index (κ2) is 5.71. The van der Waals surface area contributed by atoms with Gasteiger partial charge in [0.25, 0.3) is 0 Å². The van der Waals surface area contributed by atoms with Crippen LogP contribution in [0.2, 0.25) is 0 Å². The smallest absolute Gasteiger partial charge is 0.347 e. The Bertz CT molecular complexity index is 351. The van der Waals surface area contributed by atoms with Gasteiger partial charge < -0.3 is 9.47 Å². The Morgan fingerprint density at radius 2 is 2.13 bits per heavy atom. The van der Waals surface area contributed by atoms with Crippen molar-refractivity contribution in [2.45, 2.75) is 13.0 Å². The predicted molar refractivity (Wildman–Crippen MR) is 56.3 cm³/mol. The molecule has 0 N–H and O–H groups in total. The van der Waals surface area contributed by atoms with Crippen molar-refractivity contribution in [3.8, 4) is 18.1 Å². The van der Waals surface area contributed by atoms with E-state index in [4.69, 9.17) is 15.9 Å². The van der Waals surface area contributed by atoms with Crippen LogP contribution in [0.15, 0.2) is 30.3 Å². The lowest BCUT2D eigenvalue weighted by atomic mass is 10.3. The van der Waals surface area contributed by atoms with E-state index in [-0.39, 0.29) is 6.61 Å². The molecule has 1 aromatic rings. The third kappa shape index (κ3) is 3.74. The van der Waals surface area contributed by atoms with Crippen molar-refractivity contribution in [2.24, 2.45) is 0 Å². The highest BCUT2D eigenvalue weighted by Crippen LogP contribution is 2.11. The molecule has 1 rings (SSSR count). The SMILES string of the molecule is C#CCOC(=O)C(C)Oc1ccccc1. The van der Waals surface area contributed by atoms with Crippen LogP contribution >= 0.6 is 0 Å². The quantitative estimate of drug-likeness (QED) is 0.552. The number of benzene rings is 1. The first-order valence-corrected chi connectivity index (χ1v) is 4.56. The summed E-state index contributed by atoms with van der Waals surface area (Å²) in [6, 6.07) is 9.06. The minimum Gasteiger partial charge on any atom is -0.479 e. The maximum Gasteiger partial charge on any atom is 0.347 e. The molecule has 3 nitrogen and oxygen atoms in total. The fourth-order valence-electron chi connectivity index (χ4n) is 0.981. The molecule has 0 bridgehead atoms. The Morgan fingerprint density at radius 3 is 2.73 bits per heavy atom. The molecule has 1 aromatic carbocycles. The van der Waals surface area contributed by atoms with Crippen LogP contribution in [0.1, 0.15) is 6.92 Å². The summed E-state index contributed by atoms with van der Waals surface area (Å²) in [5.41, 5.74) is 0. The summed E-state index contributed by atoms with van der Waals surface area (Å²) < 4.78 is 10.1. The molecule has 0 saturated heterocycles. The zero-order valence-corrected chi connectivity index (χ0v) is 8.47.